The molecular weight excluding hydrogens is 555 g/mol. The zero-order valence-corrected chi connectivity index (χ0v) is 27.0. The zero-order valence-electron chi connectivity index (χ0n) is 25.3. The smallest absolute Gasteiger partial charge is 0.242 e. The summed E-state index contributed by atoms with van der Waals surface area (Å²) < 4.78 is 55.9. The summed E-state index contributed by atoms with van der Waals surface area (Å²) in [7, 11) is -5.16. The lowest BCUT2D eigenvalue weighted by Crippen LogP contribution is -2.48. The number of unbranched alkanes of at least 4 members (excludes halogenated alkanes) is 5. The number of nitrogens with zero attached hydrogens (tertiary/aromatic N) is 3. The molecule has 1 aliphatic rings. The Bertz CT molecular complexity index is 1220. The third-order valence-corrected chi connectivity index (χ3v) is 12.3. The molecule has 0 bridgehead atoms. The molecule has 0 N–H and O–H groups in total. The molecule has 41 heavy (non-hydrogen) atoms. The molecule has 0 aromatic heterocycles. The number of hydrogen-bond acceptors (Lipinski definition) is 5. The van der Waals surface area contributed by atoms with Gasteiger partial charge in [0.15, 0.2) is 0 Å². The molecule has 0 aliphatic carbocycles. The molecule has 3 rings (SSSR count). The lowest BCUT2D eigenvalue weighted by Gasteiger charge is -2.38. The van der Waals surface area contributed by atoms with Gasteiger partial charge in [0, 0.05) is 26.2 Å². The van der Waals surface area contributed by atoms with Crippen LogP contribution < -0.4 is 0 Å². The predicted molar refractivity (Wildman–Crippen MR) is 169 cm³/mol. The fraction of sp³-hybridized carbons (Fsp3) is 0.625. The van der Waals surface area contributed by atoms with Gasteiger partial charge in [-0.3, -0.25) is 0 Å². The van der Waals surface area contributed by atoms with Crippen molar-refractivity contribution in [2.75, 3.05) is 45.5 Å². The van der Waals surface area contributed by atoms with Gasteiger partial charge in [-0.15, -0.1) is 0 Å². The second kappa shape index (κ2) is 16.8. The van der Waals surface area contributed by atoms with E-state index in [2.05, 4.69) is 24.0 Å². The topological polar surface area (TPSA) is 78.0 Å². The highest BCUT2D eigenvalue weighted by Crippen LogP contribution is 2.26. The first-order chi connectivity index (χ1) is 19.7. The van der Waals surface area contributed by atoms with Gasteiger partial charge in [-0.2, -0.15) is 4.31 Å². The molecule has 2 aromatic rings. The van der Waals surface area contributed by atoms with Crippen LogP contribution in [0.4, 0.5) is 0 Å². The second-order valence-corrected chi connectivity index (χ2v) is 15.4. The predicted octanol–water partition coefficient (Wildman–Crippen LogP) is 5.96. The zero-order chi connectivity index (χ0) is 29.7. The third-order valence-electron chi connectivity index (χ3n) is 8.38. The minimum Gasteiger partial charge on any atom is -0.303 e. The molecule has 1 saturated heterocycles. The van der Waals surface area contributed by atoms with E-state index in [4.69, 9.17) is 0 Å². The van der Waals surface area contributed by atoms with Crippen LogP contribution in [0.2, 0.25) is 0 Å². The Labute approximate surface area is 250 Å². The van der Waals surface area contributed by atoms with Crippen LogP contribution in [-0.2, 0) is 20.0 Å². The fourth-order valence-corrected chi connectivity index (χ4v) is 9.00. The van der Waals surface area contributed by atoms with E-state index in [0.29, 0.717) is 18.0 Å². The van der Waals surface area contributed by atoms with E-state index < -0.39 is 20.0 Å². The lowest BCUT2D eigenvalue weighted by molar-refractivity contribution is 0.156. The number of piperidine rings is 1. The van der Waals surface area contributed by atoms with Crippen LogP contribution in [-0.4, -0.2) is 81.9 Å². The van der Waals surface area contributed by atoms with Gasteiger partial charge in [0.25, 0.3) is 0 Å². The van der Waals surface area contributed by atoms with Gasteiger partial charge in [0.1, 0.15) is 0 Å². The number of hydrogen-bond donors (Lipinski definition) is 0. The summed E-state index contributed by atoms with van der Waals surface area (Å²) >= 11 is 0. The second-order valence-electron chi connectivity index (χ2n) is 11.4. The molecule has 9 heteroatoms. The monoisotopic (exact) mass is 605 g/mol. The number of sulfonamides is 2. The Morgan fingerprint density at radius 1 is 0.829 bits per heavy atom. The van der Waals surface area contributed by atoms with Crippen LogP contribution >= 0.6 is 0 Å². The van der Waals surface area contributed by atoms with Crippen LogP contribution in [0.15, 0.2) is 65.6 Å². The van der Waals surface area contributed by atoms with E-state index in [1.54, 1.807) is 35.6 Å². The molecule has 0 spiro atoms. The van der Waals surface area contributed by atoms with Crippen molar-refractivity contribution in [3.05, 3.63) is 66.2 Å². The standard InChI is InChI=1S/C32H51N3O4S2/c1-4-6-7-8-9-16-27-40(36,37)35(5-2)31-22-25-34(26-23-31)24-21-30(29-17-12-10-13-18-29)28-33(3)41(38,39)32-19-14-11-15-20-32/h10-15,17-20,30-31H,4-9,16,21-28H2,1-3H3. The van der Waals surface area contributed by atoms with Crippen molar-refractivity contribution in [2.45, 2.75) is 88.5 Å². The van der Waals surface area contributed by atoms with E-state index >= 15 is 0 Å². The normalized spacial score (nSPS) is 16.4. The van der Waals surface area contributed by atoms with E-state index in [1.165, 1.54) is 23.6 Å². The SMILES string of the molecule is CCCCCCCCS(=O)(=O)N(CC)C1CCN(CCC(CN(C)S(=O)(=O)c2ccccc2)c2ccccc2)CC1. The number of benzene rings is 2. The van der Waals surface area contributed by atoms with Crippen molar-refractivity contribution in [1.82, 2.24) is 13.5 Å². The highest BCUT2D eigenvalue weighted by molar-refractivity contribution is 7.89. The highest BCUT2D eigenvalue weighted by atomic mass is 32.2. The van der Waals surface area contributed by atoms with Gasteiger partial charge >= 0.3 is 0 Å². The average molecular weight is 606 g/mol. The van der Waals surface area contributed by atoms with Crippen molar-refractivity contribution >= 4 is 20.0 Å². The van der Waals surface area contributed by atoms with Crippen molar-refractivity contribution in [3.8, 4) is 0 Å². The molecule has 230 valence electrons. The van der Waals surface area contributed by atoms with E-state index in [-0.39, 0.29) is 17.7 Å². The Hall–Kier alpha value is -1.78. The summed E-state index contributed by atoms with van der Waals surface area (Å²) in [5.74, 6) is 0.313. The van der Waals surface area contributed by atoms with Crippen LogP contribution in [0.5, 0.6) is 0 Å². The molecule has 1 heterocycles. The van der Waals surface area contributed by atoms with Crippen molar-refractivity contribution in [3.63, 3.8) is 0 Å². The lowest BCUT2D eigenvalue weighted by atomic mass is 9.94. The van der Waals surface area contributed by atoms with E-state index in [1.807, 2.05) is 31.2 Å². The molecule has 1 fully saturated rings. The first-order valence-corrected chi connectivity index (χ1v) is 18.5. The van der Waals surface area contributed by atoms with E-state index in [0.717, 1.165) is 63.7 Å². The maximum absolute atomic E-state index is 13.2. The molecule has 2 aromatic carbocycles. The van der Waals surface area contributed by atoms with Crippen molar-refractivity contribution in [1.29, 1.82) is 0 Å². The molecule has 7 nitrogen and oxygen atoms in total. The number of likely N-dealkylation sites (N-methyl/N-ethyl adjacent to an activating group) is 1. The Morgan fingerprint density at radius 3 is 2.02 bits per heavy atom. The minimum atomic E-state index is -3.57. The molecule has 0 radical (unpaired) electrons. The van der Waals surface area contributed by atoms with Gasteiger partial charge in [-0.25, -0.2) is 21.1 Å². The number of likely N-dealkylation sites (tertiary alicyclic amines) is 1. The molecule has 1 atom stereocenters. The summed E-state index contributed by atoms with van der Waals surface area (Å²) in [6.07, 6.45) is 8.96. The number of rotatable bonds is 18. The van der Waals surface area contributed by atoms with Gasteiger partial charge in [-0.1, -0.05) is 94.5 Å². The van der Waals surface area contributed by atoms with Crippen LogP contribution in [0.3, 0.4) is 0 Å². The maximum atomic E-state index is 13.2. The summed E-state index contributed by atoms with van der Waals surface area (Å²) in [6, 6.07) is 18.8. The van der Waals surface area contributed by atoms with Gasteiger partial charge < -0.3 is 4.90 Å². The Balaban J connectivity index is 1.55. The van der Waals surface area contributed by atoms with Crippen LogP contribution in [0.25, 0.3) is 0 Å². The molecule has 0 saturated carbocycles. The quantitative estimate of drug-likeness (QED) is 0.196. The van der Waals surface area contributed by atoms with Gasteiger partial charge in [0.2, 0.25) is 20.0 Å². The average Bonchev–Trinajstić information content (AvgIpc) is 2.98. The molecular formula is C32H51N3O4S2. The van der Waals surface area contributed by atoms with Gasteiger partial charge in [-0.05, 0) is 68.9 Å². The minimum absolute atomic E-state index is 0.0576. The fourth-order valence-electron chi connectivity index (χ4n) is 5.90. The summed E-state index contributed by atoms with van der Waals surface area (Å²) in [5.41, 5.74) is 1.13. The third kappa shape index (κ3) is 10.2. The van der Waals surface area contributed by atoms with Crippen LogP contribution in [0, 0.1) is 0 Å². The van der Waals surface area contributed by atoms with E-state index in [9.17, 15) is 16.8 Å². The molecule has 1 unspecified atom stereocenters. The van der Waals surface area contributed by atoms with Crippen molar-refractivity contribution < 1.29 is 16.8 Å². The largest absolute Gasteiger partial charge is 0.303 e. The first-order valence-electron chi connectivity index (χ1n) is 15.5. The Kier molecular flexibility index (Phi) is 13.8. The first kappa shape index (κ1) is 33.7. The highest BCUT2D eigenvalue weighted by Gasteiger charge is 2.32. The summed E-state index contributed by atoms with van der Waals surface area (Å²) in [4.78, 5) is 2.72. The maximum Gasteiger partial charge on any atom is 0.242 e. The van der Waals surface area contributed by atoms with Gasteiger partial charge in [0.05, 0.1) is 10.6 Å². The van der Waals surface area contributed by atoms with Crippen molar-refractivity contribution in [2.24, 2.45) is 0 Å². The summed E-state index contributed by atoms with van der Waals surface area (Å²) in [5, 5.41) is 0. The summed E-state index contributed by atoms with van der Waals surface area (Å²) in [6.45, 7) is 7.63. The molecule has 0 amide bonds. The van der Waals surface area contributed by atoms with Crippen LogP contribution in [0.1, 0.15) is 83.1 Å². The Morgan fingerprint density at radius 2 is 1.41 bits per heavy atom. The molecule has 1 aliphatic heterocycles.